The molecule has 2 aromatic carbocycles. The molecule has 24 heavy (non-hydrogen) atoms. The molecule has 2 aromatic rings. The van der Waals surface area contributed by atoms with Crippen molar-refractivity contribution in [1.82, 2.24) is 5.32 Å². The van der Waals surface area contributed by atoms with Gasteiger partial charge in [-0.3, -0.25) is 4.79 Å². The first kappa shape index (κ1) is 17.9. The maximum absolute atomic E-state index is 12.7. The smallest absolute Gasteiger partial charge is 0.230 e. The molecule has 0 fully saturated rings. The number of carbonyl (C=O) groups excluding carboxylic acids is 1. The zero-order valence-corrected chi connectivity index (χ0v) is 14.7. The molecule has 0 atom stereocenters. The predicted molar refractivity (Wildman–Crippen MR) is 95.3 cm³/mol. The summed E-state index contributed by atoms with van der Waals surface area (Å²) in [6.07, 6.45) is 0. The van der Waals surface area contributed by atoms with E-state index in [4.69, 9.17) is 4.74 Å². The Morgan fingerprint density at radius 2 is 1.58 bits per heavy atom. The summed E-state index contributed by atoms with van der Waals surface area (Å²) in [7, 11) is 0. The van der Waals surface area contributed by atoms with Crippen LogP contribution in [0, 0.1) is 0 Å². The molecule has 2 N–H and O–H groups in total. The summed E-state index contributed by atoms with van der Waals surface area (Å²) in [5.41, 5.74) is -0.378. The van der Waals surface area contributed by atoms with E-state index in [1.807, 2.05) is 58.0 Å². The molecule has 0 saturated heterocycles. The molecule has 0 aliphatic rings. The van der Waals surface area contributed by atoms with E-state index < -0.39 is 11.0 Å². The van der Waals surface area contributed by atoms with Crippen molar-refractivity contribution in [2.75, 3.05) is 6.61 Å². The van der Waals surface area contributed by atoms with E-state index in [2.05, 4.69) is 5.32 Å². The van der Waals surface area contributed by atoms with Gasteiger partial charge in [-0.15, -0.1) is 0 Å². The number of amides is 1. The number of carbonyl (C=O) groups is 1. The minimum Gasteiger partial charge on any atom is -0.508 e. The number of benzene rings is 2. The molecule has 4 nitrogen and oxygen atoms in total. The number of phenols is 1. The summed E-state index contributed by atoms with van der Waals surface area (Å²) in [6, 6.07) is 16.2. The SMILES string of the molecule is CC(C)(COc1ccccc1)NC(=O)C(C)(C)c1ccc(O)cc1. The highest BCUT2D eigenvalue weighted by molar-refractivity contribution is 5.87. The van der Waals surface area contributed by atoms with Crippen LogP contribution in [0.1, 0.15) is 33.3 Å². The lowest BCUT2D eigenvalue weighted by atomic mass is 9.83. The lowest BCUT2D eigenvalue weighted by Crippen LogP contribution is -2.53. The van der Waals surface area contributed by atoms with Crippen molar-refractivity contribution in [1.29, 1.82) is 0 Å². The van der Waals surface area contributed by atoms with Crippen LogP contribution in [-0.2, 0) is 10.2 Å². The van der Waals surface area contributed by atoms with Gasteiger partial charge in [-0.25, -0.2) is 0 Å². The van der Waals surface area contributed by atoms with Gasteiger partial charge in [0.15, 0.2) is 0 Å². The van der Waals surface area contributed by atoms with Gasteiger partial charge in [0, 0.05) is 0 Å². The standard InChI is InChI=1S/C20H25NO3/c1-19(2,14-24-17-8-6-5-7-9-17)21-18(23)20(3,4)15-10-12-16(22)13-11-15/h5-13,22H,14H2,1-4H3,(H,21,23). The third-order valence-corrected chi connectivity index (χ3v) is 3.95. The van der Waals surface area contributed by atoms with Crippen LogP contribution in [0.15, 0.2) is 54.6 Å². The van der Waals surface area contributed by atoms with Crippen molar-refractivity contribution in [3.05, 3.63) is 60.2 Å². The Hall–Kier alpha value is -2.49. The van der Waals surface area contributed by atoms with E-state index in [-0.39, 0.29) is 11.7 Å². The van der Waals surface area contributed by atoms with Crippen molar-refractivity contribution in [2.45, 2.75) is 38.6 Å². The van der Waals surface area contributed by atoms with Gasteiger partial charge in [0.1, 0.15) is 18.1 Å². The molecule has 4 heteroatoms. The Bertz CT molecular complexity index is 676. The predicted octanol–water partition coefficient (Wildman–Crippen LogP) is 3.64. The fourth-order valence-corrected chi connectivity index (χ4v) is 2.29. The van der Waals surface area contributed by atoms with Crippen LogP contribution in [0.3, 0.4) is 0 Å². The zero-order valence-electron chi connectivity index (χ0n) is 14.7. The minimum atomic E-state index is -0.711. The number of rotatable bonds is 6. The van der Waals surface area contributed by atoms with E-state index in [1.54, 1.807) is 24.3 Å². The fraction of sp³-hybridized carbons (Fsp3) is 0.350. The highest BCUT2D eigenvalue weighted by Gasteiger charge is 2.33. The highest BCUT2D eigenvalue weighted by Crippen LogP contribution is 2.26. The van der Waals surface area contributed by atoms with Gasteiger partial charge in [-0.2, -0.15) is 0 Å². The molecule has 0 saturated carbocycles. The first-order chi connectivity index (χ1) is 11.2. The highest BCUT2D eigenvalue weighted by atomic mass is 16.5. The van der Waals surface area contributed by atoms with Crippen LogP contribution in [0.2, 0.25) is 0 Å². The lowest BCUT2D eigenvalue weighted by Gasteiger charge is -2.32. The third-order valence-electron chi connectivity index (χ3n) is 3.95. The van der Waals surface area contributed by atoms with Crippen LogP contribution in [0.25, 0.3) is 0 Å². The number of para-hydroxylation sites is 1. The molecule has 0 aliphatic carbocycles. The number of ether oxygens (including phenoxy) is 1. The number of hydrogen-bond donors (Lipinski definition) is 2. The van der Waals surface area contributed by atoms with Crippen LogP contribution < -0.4 is 10.1 Å². The lowest BCUT2D eigenvalue weighted by molar-refractivity contribution is -0.127. The normalized spacial score (nSPS) is 11.8. The van der Waals surface area contributed by atoms with Gasteiger partial charge in [0.05, 0.1) is 11.0 Å². The molecule has 0 aromatic heterocycles. The van der Waals surface area contributed by atoms with Crippen LogP contribution in [-0.4, -0.2) is 23.2 Å². The first-order valence-electron chi connectivity index (χ1n) is 8.01. The molecular weight excluding hydrogens is 302 g/mol. The summed E-state index contributed by atoms with van der Waals surface area (Å²) in [6.45, 7) is 7.96. The van der Waals surface area contributed by atoms with Crippen molar-refractivity contribution in [2.24, 2.45) is 0 Å². The van der Waals surface area contributed by atoms with Gasteiger partial charge in [-0.1, -0.05) is 30.3 Å². The van der Waals surface area contributed by atoms with Crippen LogP contribution >= 0.6 is 0 Å². The molecule has 2 rings (SSSR count). The Morgan fingerprint density at radius 3 is 2.17 bits per heavy atom. The largest absolute Gasteiger partial charge is 0.508 e. The van der Waals surface area contributed by atoms with E-state index in [0.29, 0.717) is 6.61 Å². The Balaban J connectivity index is 2.02. The summed E-state index contributed by atoms with van der Waals surface area (Å²) >= 11 is 0. The van der Waals surface area contributed by atoms with Crippen LogP contribution in [0.4, 0.5) is 0 Å². The van der Waals surface area contributed by atoms with E-state index in [1.165, 1.54) is 0 Å². The summed E-state index contributed by atoms with van der Waals surface area (Å²) in [4.78, 5) is 12.7. The maximum Gasteiger partial charge on any atom is 0.230 e. The maximum atomic E-state index is 12.7. The van der Waals surface area contributed by atoms with Crippen molar-refractivity contribution in [3.8, 4) is 11.5 Å². The number of aromatic hydroxyl groups is 1. The van der Waals surface area contributed by atoms with E-state index >= 15 is 0 Å². The Kier molecular flexibility index (Phi) is 5.17. The monoisotopic (exact) mass is 327 g/mol. The summed E-state index contributed by atoms with van der Waals surface area (Å²) in [5.74, 6) is 0.874. The average Bonchev–Trinajstić information content (AvgIpc) is 2.54. The number of phenolic OH excluding ortho intramolecular Hbond substituents is 1. The second-order valence-electron chi connectivity index (χ2n) is 7.11. The zero-order chi connectivity index (χ0) is 17.8. The van der Waals surface area contributed by atoms with Gasteiger partial charge in [-0.05, 0) is 57.5 Å². The van der Waals surface area contributed by atoms with E-state index in [0.717, 1.165) is 11.3 Å². The van der Waals surface area contributed by atoms with Gasteiger partial charge in [0.25, 0.3) is 0 Å². The molecule has 0 heterocycles. The summed E-state index contributed by atoms with van der Waals surface area (Å²) < 4.78 is 5.76. The van der Waals surface area contributed by atoms with Gasteiger partial charge >= 0.3 is 0 Å². The van der Waals surface area contributed by atoms with Crippen LogP contribution in [0.5, 0.6) is 11.5 Å². The van der Waals surface area contributed by atoms with Gasteiger partial charge in [0.2, 0.25) is 5.91 Å². The Labute approximate surface area is 143 Å². The molecule has 0 spiro atoms. The number of hydrogen-bond acceptors (Lipinski definition) is 3. The molecule has 0 bridgehead atoms. The molecule has 128 valence electrons. The molecule has 0 unspecified atom stereocenters. The van der Waals surface area contributed by atoms with Crippen molar-refractivity contribution < 1.29 is 14.6 Å². The summed E-state index contributed by atoms with van der Waals surface area (Å²) in [5, 5.41) is 12.5. The van der Waals surface area contributed by atoms with Crippen molar-refractivity contribution >= 4 is 5.91 Å². The van der Waals surface area contributed by atoms with E-state index in [9.17, 15) is 9.90 Å². The van der Waals surface area contributed by atoms with Crippen molar-refractivity contribution in [3.63, 3.8) is 0 Å². The molecule has 1 amide bonds. The minimum absolute atomic E-state index is 0.0881. The second kappa shape index (κ2) is 6.95. The second-order valence-corrected chi connectivity index (χ2v) is 7.11. The quantitative estimate of drug-likeness (QED) is 0.851. The molecule has 0 radical (unpaired) electrons. The third kappa shape index (κ3) is 4.51. The molecular formula is C20H25NO3. The fourth-order valence-electron chi connectivity index (χ4n) is 2.29. The molecule has 0 aliphatic heterocycles. The first-order valence-corrected chi connectivity index (χ1v) is 8.01. The van der Waals surface area contributed by atoms with Gasteiger partial charge < -0.3 is 15.2 Å². The number of nitrogens with one attached hydrogen (secondary N) is 1. The average molecular weight is 327 g/mol. The Morgan fingerprint density at radius 1 is 1.00 bits per heavy atom. The topological polar surface area (TPSA) is 58.6 Å².